The Labute approximate surface area is 397 Å². The minimum atomic E-state index is -1.28. The van der Waals surface area contributed by atoms with E-state index < -0.39 is 35.8 Å². The fourth-order valence-electron chi connectivity index (χ4n) is 6.89. The number of carbonyl (C=O) groups is 8. The first-order chi connectivity index (χ1) is 32.6. The minimum absolute atomic E-state index is 0.00954. The van der Waals surface area contributed by atoms with Crippen LogP contribution in [0.15, 0.2) is 84.9 Å². The van der Waals surface area contributed by atoms with E-state index >= 15 is 0 Å². The van der Waals surface area contributed by atoms with Gasteiger partial charge in [-0.1, -0.05) is 129 Å². The molecule has 0 aromatic heterocycles. The molecule has 0 amide bonds. The van der Waals surface area contributed by atoms with E-state index in [0.29, 0.717) is 12.8 Å². The molecule has 68 heavy (non-hydrogen) atoms. The molecule has 4 rings (SSSR count). The Hall–Kier alpha value is -6.96. The van der Waals surface area contributed by atoms with Crippen molar-refractivity contribution in [1.29, 1.82) is 0 Å². The average Bonchev–Trinajstić information content (AvgIpc) is 3.33. The first kappa shape index (κ1) is 53.7. The van der Waals surface area contributed by atoms with Crippen LogP contribution in [-0.2, 0) is 19.2 Å². The fraction of sp³-hybridized carbons (Fsp3) is 0.407. The van der Waals surface area contributed by atoms with Gasteiger partial charge in [0.25, 0.3) is 0 Å². The van der Waals surface area contributed by atoms with Crippen LogP contribution in [0.1, 0.15) is 192 Å². The van der Waals surface area contributed by atoms with Gasteiger partial charge >= 0.3 is 24.2 Å². The normalized spacial score (nSPS) is 10.9. The number of hydrogen-bond donors (Lipinski definition) is 0. The quantitative estimate of drug-likeness (QED) is 0.0144. The van der Waals surface area contributed by atoms with Crippen molar-refractivity contribution in [1.82, 2.24) is 0 Å². The highest BCUT2D eigenvalue weighted by Crippen LogP contribution is 2.29. The predicted octanol–water partition coefficient (Wildman–Crippen LogP) is 12.5. The van der Waals surface area contributed by atoms with Crippen LogP contribution in [0, 0.1) is 11.8 Å². The topological polar surface area (TPSA) is 192 Å². The highest BCUT2D eigenvalue weighted by molar-refractivity contribution is 6.18. The van der Waals surface area contributed by atoms with E-state index in [9.17, 15) is 38.4 Å². The number of ketones is 4. The molecule has 0 N–H and O–H groups in total. The van der Waals surface area contributed by atoms with Crippen LogP contribution in [0.5, 0.6) is 11.5 Å². The molecule has 0 aliphatic rings. The molecule has 0 aliphatic carbocycles. The molecule has 14 nitrogen and oxygen atoms in total. The maximum atomic E-state index is 14.3. The zero-order valence-electron chi connectivity index (χ0n) is 39.9. The fourth-order valence-corrected chi connectivity index (χ4v) is 6.89. The standard InChI is InChI=1S/C54H62O14/c1-7-9-11-13-15-25-45(55)37-27-29-47(65-53(61)63-33-35(3)4)43(31-37)49(57)39-21-17-19-23-41(39)51(59)67-68-52(60)42-24-20-18-22-40(42)50(58)44-32-38(46(56)26-16-14-12-10-8-2)28-30-48(44)66-54(62)64-34-36(5)6/h17-24,27-32,35-36H,7-16,25-26,33-34H2,1-6H3. The molecular formula is C54H62O14. The lowest BCUT2D eigenvalue weighted by molar-refractivity contribution is -0.187. The van der Waals surface area contributed by atoms with Crippen molar-refractivity contribution in [2.24, 2.45) is 11.8 Å². The number of benzene rings is 4. The summed E-state index contributed by atoms with van der Waals surface area (Å²) in [5, 5.41) is 0. The van der Waals surface area contributed by atoms with Crippen LogP contribution in [0.3, 0.4) is 0 Å². The maximum Gasteiger partial charge on any atom is 0.513 e. The van der Waals surface area contributed by atoms with Gasteiger partial charge < -0.3 is 18.9 Å². The molecule has 0 bridgehead atoms. The van der Waals surface area contributed by atoms with Gasteiger partial charge in [0.2, 0.25) is 0 Å². The lowest BCUT2D eigenvalue weighted by atomic mass is 9.94. The van der Waals surface area contributed by atoms with Crippen LogP contribution in [-0.4, -0.2) is 60.6 Å². The molecule has 0 spiro atoms. The lowest BCUT2D eigenvalue weighted by Crippen LogP contribution is -2.19. The summed E-state index contributed by atoms with van der Waals surface area (Å²) in [7, 11) is 0. The van der Waals surface area contributed by atoms with E-state index in [2.05, 4.69) is 13.8 Å². The third-order valence-corrected chi connectivity index (χ3v) is 10.5. The molecule has 4 aromatic carbocycles. The summed E-state index contributed by atoms with van der Waals surface area (Å²) < 4.78 is 21.2. The molecule has 0 heterocycles. The molecule has 4 aromatic rings. The van der Waals surface area contributed by atoms with Gasteiger partial charge in [0, 0.05) is 35.1 Å². The van der Waals surface area contributed by atoms with Crippen molar-refractivity contribution in [2.45, 2.75) is 119 Å². The van der Waals surface area contributed by atoms with Gasteiger partial charge in [-0.25, -0.2) is 29.0 Å². The zero-order valence-corrected chi connectivity index (χ0v) is 39.9. The van der Waals surface area contributed by atoms with Gasteiger partial charge in [-0.05, 0) is 73.2 Å². The Bertz CT molecular complexity index is 2250. The second kappa shape index (κ2) is 27.6. The van der Waals surface area contributed by atoms with E-state index in [1.807, 2.05) is 27.7 Å². The number of ether oxygens (including phenoxy) is 4. The minimum Gasteiger partial charge on any atom is -0.434 e. The summed E-state index contributed by atoms with van der Waals surface area (Å²) in [5.41, 5.74) is -1.26. The molecule has 14 heteroatoms. The van der Waals surface area contributed by atoms with Gasteiger partial charge in [0.1, 0.15) is 11.5 Å². The lowest BCUT2D eigenvalue weighted by Gasteiger charge is -2.14. The largest absolute Gasteiger partial charge is 0.513 e. The average molecular weight is 935 g/mol. The van der Waals surface area contributed by atoms with Gasteiger partial charge in [-0.3, -0.25) is 19.2 Å². The van der Waals surface area contributed by atoms with E-state index in [1.54, 1.807) is 0 Å². The molecule has 0 aliphatic heterocycles. The molecule has 0 radical (unpaired) electrons. The Morgan fingerprint density at radius 3 is 1.13 bits per heavy atom. The summed E-state index contributed by atoms with van der Waals surface area (Å²) >= 11 is 0. The molecule has 0 atom stereocenters. The third kappa shape index (κ3) is 16.4. The van der Waals surface area contributed by atoms with E-state index in [-0.39, 0.29) is 105 Å². The van der Waals surface area contributed by atoms with Crippen LogP contribution in [0.2, 0.25) is 0 Å². The van der Waals surface area contributed by atoms with Crippen molar-refractivity contribution < 1.29 is 67.1 Å². The number of rotatable bonds is 26. The van der Waals surface area contributed by atoms with Crippen molar-refractivity contribution in [3.8, 4) is 11.5 Å². The predicted molar refractivity (Wildman–Crippen MR) is 253 cm³/mol. The summed E-state index contributed by atoms with van der Waals surface area (Å²) in [4.78, 5) is 118. The molecule has 362 valence electrons. The van der Waals surface area contributed by atoms with Crippen molar-refractivity contribution in [2.75, 3.05) is 13.2 Å². The van der Waals surface area contributed by atoms with Crippen LogP contribution in [0.4, 0.5) is 9.59 Å². The Kier molecular flexibility index (Phi) is 21.8. The first-order valence-corrected chi connectivity index (χ1v) is 23.4. The highest BCUT2D eigenvalue weighted by atomic mass is 17.2. The van der Waals surface area contributed by atoms with Gasteiger partial charge in [-0.15, -0.1) is 0 Å². The Balaban J connectivity index is 1.61. The second-order valence-electron chi connectivity index (χ2n) is 17.2. The maximum absolute atomic E-state index is 14.3. The van der Waals surface area contributed by atoms with Gasteiger partial charge in [0.05, 0.1) is 35.5 Å². The number of unbranched alkanes of at least 4 members (excludes halogenated alkanes) is 8. The molecular weight excluding hydrogens is 873 g/mol. The van der Waals surface area contributed by atoms with Gasteiger partial charge in [-0.2, -0.15) is 0 Å². The summed E-state index contributed by atoms with van der Waals surface area (Å²) in [6.45, 7) is 11.6. The van der Waals surface area contributed by atoms with E-state index in [4.69, 9.17) is 28.7 Å². The molecule has 0 fully saturated rings. The van der Waals surface area contributed by atoms with E-state index in [0.717, 1.165) is 51.4 Å². The summed E-state index contributed by atoms with van der Waals surface area (Å²) in [6, 6.07) is 19.0. The highest BCUT2D eigenvalue weighted by Gasteiger charge is 2.29. The molecule has 0 saturated carbocycles. The SMILES string of the molecule is CCCCCCCC(=O)c1ccc(OC(=O)OCC(C)C)c(C(=O)c2ccccc2C(=O)OOC(=O)c2ccccc2C(=O)c2cc(C(=O)CCCCCCC)ccc2OC(=O)OCC(C)C)c1. The smallest absolute Gasteiger partial charge is 0.434 e. The van der Waals surface area contributed by atoms with Crippen molar-refractivity contribution in [3.63, 3.8) is 0 Å². The number of carbonyl (C=O) groups excluding carboxylic acids is 8. The monoisotopic (exact) mass is 934 g/mol. The number of hydrogen-bond acceptors (Lipinski definition) is 14. The van der Waals surface area contributed by atoms with Crippen LogP contribution in [0.25, 0.3) is 0 Å². The summed E-state index contributed by atoms with van der Waals surface area (Å²) in [6.07, 6.45) is 7.46. The van der Waals surface area contributed by atoms with E-state index in [1.165, 1.54) is 84.9 Å². The number of Topliss-reactive ketones (excluding diaryl/α,β-unsaturated/α-hetero) is 2. The molecule has 0 saturated heterocycles. The Morgan fingerprint density at radius 2 is 0.779 bits per heavy atom. The second-order valence-corrected chi connectivity index (χ2v) is 17.2. The third-order valence-electron chi connectivity index (χ3n) is 10.5. The van der Waals surface area contributed by atoms with Crippen LogP contribution >= 0.6 is 0 Å². The van der Waals surface area contributed by atoms with Crippen molar-refractivity contribution >= 4 is 47.4 Å². The van der Waals surface area contributed by atoms with Crippen molar-refractivity contribution in [3.05, 3.63) is 129 Å². The van der Waals surface area contributed by atoms with Gasteiger partial charge in [0.15, 0.2) is 23.1 Å². The molecule has 0 unspecified atom stereocenters. The Morgan fingerprint density at radius 1 is 0.426 bits per heavy atom. The summed E-state index contributed by atoms with van der Waals surface area (Å²) in [5.74, 6) is -5.14. The van der Waals surface area contributed by atoms with Crippen LogP contribution < -0.4 is 9.47 Å². The zero-order chi connectivity index (χ0) is 49.6. The first-order valence-electron chi connectivity index (χ1n) is 23.4.